The maximum atomic E-state index is 13.3. The minimum atomic E-state index is -3.59. The van der Waals surface area contributed by atoms with E-state index >= 15 is 0 Å². The van der Waals surface area contributed by atoms with E-state index in [1.54, 1.807) is 19.9 Å². The number of rotatable bonds is 7. The van der Waals surface area contributed by atoms with Crippen LogP contribution >= 0.6 is 0 Å². The molecule has 24 heavy (non-hydrogen) atoms. The Kier molecular flexibility index (Phi) is 7.20. The fourth-order valence-corrected chi connectivity index (χ4v) is 3.98. The summed E-state index contributed by atoms with van der Waals surface area (Å²) >= 11 is 0. The highest BCUT2D eigenvalue weighted by Crippen LogP contribution is 2.24. The molecule has 136 valence electrons. The monoisotopic (exact) mass is 359 g/mol. The fraction of sp³-hybridized carbons (Fsp3) is 0.588. The molecule has 1 rings (SSSR count). The van der Waals surface area contributed by atoms with E-state index < -0.39 is 33.0 Å². The molecule has 1 unspecified atom stereocenters. The summed E-state index contributed by atoms with van der Waals surface area (Å²) in [5, 5.41) is 1.74. The largest absolute Gasteiger partial charge is 0.447 e. The summed E-state index contributed by atoms with van der Waals surface area (Å²) in [4.78, 5) is 11.8. The maximum Gasteiger partial charge on any atom is 0.407 e. The Bertz CT molecular complexity index is 658. The van der Waals surface area contributed by atoms with E-state index in [9.17, 15) is 17.6 Å². The lowest BCUT2D eigenvalue weighted by atomic mass is 10.1. The fourth-order valence-electron chi connectivity index (χ4n) is 2.16. The Hall–Kier alpha value is -1.63. The van der Waals surface area contributed by atoms with Gasteiger partial charge >= 0.3 is 6.09 Å². The third kappa shape index (κ3) is 6.11. The number of ether oxygens (including phenoxy) is 1. The standard InChI is InChI=1S/C17H26FNO4S/c1-11(2)16(19-17(20)23-12(3)4)10-24(21,22)13(5)14-7-6-8-15(18)9-14/h6-9,11-13,16H,10H2,1-5H3,(H,19,20)/t13?,16-/m1/s1. The molecule has 0 heterocycles. The van der Waals surface area contributed by atoms with Crippen LogP contribution in [0.15, 0.2) is 24.3 Å². The summed E-state index contributed by atoms with van der Waals surface area (Å²) in [6, 6.07) is 4.96. The average Bonchev–Trinajstić information content (AvgIpc) is 2.44. The minimum absolute atomic E-state index is 0.0980. The van der Waals surface area contributed by atoms with Gasteiger partial charge in [0.15, 0.2) is 9.84 Å². The van der Waals surface area contributed by atoms with E-state index in [2.05, 4.69) is 5.32 Å². The minimum Gasteiger partial charge on any atom is -0.447 e. The van der Waals surface area contributed by atoms with Gasteiger partial charge in [0, 0.05) is 6.04 Å². The summed E-state index contributed by atoms with van der Waals surface area (Å²) in [5.41, 5.74) is 0.391. The van der Waals surface area contributed by atoms with Crippen molar-refractivity contribution in [3.8, 4) is 0 Å². The number of carbonyl (C=O) groups is 1. The molecule has 0 fully saturated rings. The van der Waals surface area contributed by atoms with Gasteiger partial charge in [-0.2, -0.15) is 0 Å². The van der Waals surface area contributed by atoms with Gasteiger partial charge in [-0.05, 0) is 44.4 Å². The van der Waals surface area contributed by atoms with Crippen LogP contribution < -0.4 is 5.32 Å². The van der Waals surface area contributed by atoms with Crippen LogP contribution in [0.3, 0.4) is 0 Å². The van der Waals surface area contributed by atoms with Gasteiger partial charge in [-0.3, -0.25) is 0 Å². The molecule has 0 saturated heterocycles. The van der Waals surface area contributed by atoms with Crippen LogP contribution in [0.4, 0.5) is 9.18 Å². The number of carbonyl (C=O) groups excluding carboxylic acids is 1. The normalized spacial score (nSPS) is 14.5. The number of hydrogen-bond donors (Lipinski definition) is 1. The van der Waals surface area contributed by atoms with Crippen molar-refractivity contribution >= 4 is 15.9 Å². The van der Waals surface area contributed by atoms with E-state index in [-0.39, 0.29) is 17.8 Å². The highest BCUT2D eigenvalue weighted by Gasteiger charge is 2.29. The smallest absolute Gasteiger partial charge is 0.407 e. The maximum absolute atomic E-state index is 13.3. The first-order chi connectivity index (χ1) is 11.0. The van der Waals surface area contributed by atoms with Gasteiger partial charge in [0.05, 0.1) is 17.1 Å². The predicted octanol–water partition coefficient (Wildman–Crippen LogP) is 3.46. The summed E-state index contributed by atoms with van der Waals surface area (Å²) in [6.07, 6.45) is -0.932. The quantitative estimate of drug-likeness (QED) is 0.809. The van der Waals surface area contributed by atoms with Gasteiger partial charge in [0.25, 0.3) is 0 Å². The molecule has 0 radical (unpaired) electrons. The number of amides is 1. The van der Waals surface area contributed by atoms with Crippen molar-refractivity contribution < 1.29 is 22.3 Å². The lowest BCUT2D eigenvalue weighted by Gasteiger charge is -2.24. The summed E-state index contributed by atoms with van der Waals surface area (Å²) in [6.45, 7) is 8.60. The Morgan fingerprint density at radius 2 is 1.83 bits per heavy atom. The van der Waals surface area contributed by atoms with Gasteiger partial charge in [-0.1, -0.05) is 26.0 Å². The van der Waals surface area contributed by atoms with Gasteiger partial charge < -0.3 is 10.1 Å². The number of hydrogen-bond acceptors (Lipinski definition) is 4. The van der Waals surface area contributed by atoms with Crippen LogP contribution in [0, 0.1) is 11.7 Å². The predicted molar refractivity (Wildman–Crippen MR) is 92.0 cm³/mol. The molecule has 0 aliphatic rings. The SMILES string of the molecule is CC(C)OC(=O)N[C@H](CS(=O)(=O)C(C)c1cccc(F)c1)C(C)C. The molecule has 2 atom stereocenters. The van der Waals surface area contributed by atoms with Crippen molar-refractivity contribution in [2.24, 2.45) is 5.92 Å². The third-order valence-corrected chi connectivity index (χ3v) is 5.89. The van der Waals surface area contributed by atoms with Gasteiger partial charge in [-0.25, -0.2) is 17.6 Å². The molecule has 0 aliphatic heterocycles. The zero-order chi connectivity index (χ0) is 18.5. The second-order valence-corrected chi connectivity index (χ2v) is 8.84. The molecule has 1 amide bonds. The summed E-state index contributed by atoms with van der Waals surface area (Å²) < 4.78 is 43.6. The molecule has 0 aliphatic carbocycles. The molecule has 1 N–H and O–H groups in total. The van der Waals surface area contributed by atoms with Crippen LogP contribution in [0.5, 0.6) is 0 Å². The van der Waals surface area contributed by atoms with Crippen molar-refractivity contribution in [1.29, 1.82) is 0 Å². The first-order valence-electron chi connectivity index (χ1n) is 7.97. The second kappa shape index (κ2) is 8.46. The zero-order valence-electron chi connectivity index (χ0n) is 14.7. The molecule has 0 spiro atoms. The van der Waals surface area contributed by atoms with E-state index in [1.165, 1.54) is 25.1 Å². The number of benzene rings is 1. The molecular weight excluding hydrogens is 333 g/mol. The van der Waals surface area contributed by atoms with Crippen LogP contribution in [-0.4, -0.2) is 32.4 Å². The van der Waals surface area contributed by atoms with Crippen molar-refractivity contribution in [3.63, 3.8) is 0 Å². The zero-order valence-corrected chi connectivity index (χ0v) is 15.6. The Morgan fingerprint density at radius 3 is 2.33 bits per heavy atom. The number of alkyl carbamates (subject to hydrolysis) is 1. The van der Waals surface area contributed by atoms with Gasteiger partial charge in [-0.15, -0.1) is 0 Å². The lowest BCUT2D eigenvalue weighted by Crippen LogP contribution is -2.44. The van der Waals surface area contributed by atoms with E-state index in [4.69, 9.17) is 4.74 Å². The highest BCUT2D eigenvalue weighted by atomic mass is 32.2. The Morgan fingerprint density at radius 1 is 1.21 bits per heavy atom. The summed E-state index contributed by atoms with van der Waals surface area (Å²) in [7, 11) is -3.59. The average molecular weight is 359 g/mol. The van der Waals surface area contributed by atoms with Crippen molar-refractivity contribution in [2.45, 2.75) is 52.0 Å². The van der Waals surface area contributed by atoms with E-state index in [0.29, 0.717) is 5.56 Å². The molecule has 0 aromatic heterocycles. The number of nitrogens with one attached hydrogen (secondary N) is 1. The van der Waals surface area contributed by atoms with Crippen LogP contribution in [0.2, 0.25) is 0 Å². The first-order valence-corrected chi connectivity index (χ1v) is 9.68. The molecule has 0 bridgehead atoms. The van der Waals surface area contributed by atoms with Crippen molar-refractivity contribution in [2.75, 3.05) is 5.75 Å². The third-order valence-electron chi connectivity index (χ3n) is 3.72. The first kappa shape index (κ1) is 20.4. The Balaban J connectivity index is 2.89. The molecule has 1 aromatic carbocycles. The molecule has 1 aromatic rings. The second-order valence-electron chi connectivity index (χ2n) is 6.48. The number of sulfone groups is 1. The number of halogens is 1. The van der Waals surface area contributed by atoms with E-state index in [0.717, 1.165) is 0 Å². The van der Waals surface area contributed by atoms with Crippen LogP contribution in [-0.2, 0) is 14.6 Å². The highest BCUT2D eigenvalue weighted by molar-refractivity contribution is 7.91. The van der Waals surface area contributed by atoms with Gasteiger partial charge in [0.2, 0.25) is 0 Å². The van der Waals surface area contributed by atoms with Crippen molar-refractivity contribution in [1.82, 2.24) is 5.32 Å². The lowest BCUT2D eigenvalue weighted by molar-refractivity contribution is 0.111. The molecule has 0 saturated carbocycles. The molecule has 5 nitrogen and oxygen atoms in total. The molecular formula is C17H26FNO4S. The summed E-state index contributed by atoms with van der Waals surface area (Å²) in [5.74, 6) is -0.817. The van der Waals surface area contributed by atoms with Crippen molar-refractivity contribution in [3.05, 3.63) is 35.6 Å². The van der Waals surface area contributed by atoms with Gasteiger partial charge in [0.1, 0.15) is 5.82 Å². The van der Waals surface area contributed by atoms with Crippen LogP contribution in [0.1, 0.15) is 45.4 Å². The molecule has 7 heteroatoms. The Labute approximate surface area is 143 Å². The van der Waals surface area contributed by atoms with Crippen LogP contribution in [0.25, 0.3) is 0 Å². The topological polar surface area (TPSA) is 72.5 Å². The van der Waals surface area contributed by atoms with E-state index in [1.807, 2.05) is 13.8 Å².